The summed E-state index contributed by atoms with van der Waals surface area (Å²) in [4.78, 5) is 12.2. The van der Waals surface area contributed by atoms with E-state index in [1.807, 2.05) is 24.4 Å². The first-order valence-electron chi connectivity index (χ1n) is 8.48. The van der Waals surface area contributed by atoms with Gasteiger partial charge in [0, 0.05) is 39.1 Å². The molecule has 0 amide bonds. The highest BCUT2D eigenvalue weighted by atomic mass is 32.2. The fourth-order valence-corrected chi connectivity index (χ4v) is 6.57. The summed E-state index contributed by atoms with van der Waals surface area (Å²) in [7, 11) is -0.0837. The number of hydrogen-bond acceptors (Lipinski definition) is 5. The molecule has 2 aromatic heterocycles. The average molecular weight is 439 g/mol. The molecule has 0 radical (unpaired) electrons. The van der Waals surface area contributed by atoms with Gasteiger partial charge in [0.05, 0.1) is 10.7 Å². The third-order valence-electron chi connectivity index (χ3n) is 4.30. The number of pyridine rings is 2. The number of aromatic nitrogens is 2. The highest BCUT2D eigenvalue weighted by Gasteiger charge is 2.37. The molecule has 4 N–H and O–H groups in total. The zero-order valence-corrected chi connectivity index (χ0v) is 19.3. The number of rotatable bonds is 8. The lowest BCUT2D eigenvalue weighted by Crippen LogP contribution is -2.50. The first kappa shape index (κ1) is 22.4. The molecule has 0 bridgehead atoms. The minimum absolute atomic E-state index is 0.0837. The summed E-state index contributed by atoms with van der Waals surface area (Å²) in [6, 6.07) is 6.04. The second-order valence-electron chi connectivity index (χ2n) is 6.18. The third-order valence-corrected chi connectivity index (χ3v) is 8.90. The van der Waals surface area contributed by atoms with Gasteiger partial charge in [0.2, 0.25) is 0 Å². The van der Waals surface area contributed by atoms with Crippen molar-refractivity contribution in [1.82, 2.24) is 9.97 Å². The predicted octanol–water partition coefficient (Wildman–Crippen LogP) is 4.22. The molecule has 0 fully saturated rings. The van der Waals surface area contributed by atoms with Crippen LogP contribution in [0, 0.1) is 6.92 Å². The van der Waals surface area contributed by atoms with Crippen molar-refractivity contribution < 1.29 is 0 Å². The minimum Gasteiger partial charge on any atom is -0.392 e. The van der Waals surface area contributed by atoms with Crippen LogP contribution in [-0.2, 0) is 5.75 Å². The maximum Gasteiger partial charge on any atom is 0.110 e. The molecule has 2 aromatic rings. The van der Waals surface area contributed by atoms with E-state index >= 15 is 0 Å². The summed E-state index contributed by atoms with van der Waals surface area (Å²) >= 11 is 8.86. The van der Waals surface area contributed by atoms with E-state index in [0.717, 1.165) is 33.3 Å². The van der Waals surface area contributed by atoms with Crippen LogP contribution in [0.3, 0.4) is 0 Å². The van der Waals surface area contributed by atoms with Gasteiger partial charge in [-0.2, -0.15) is 10.5 Å². The van der Waals surface area contributed by atoms with Crippen LogP contribution >= 0.6 is 46.2 Å². The zero-order valence-electron chi connectivity index (χ0n) is 16.1. The minimum atomic E-state index is -0.538. The van der Waals surface area contributed by atoms with Gasteiger partial charge in [0.25, 0.3) is 0 Å². The van der Waals surface area contributed by atoms with E-state index in [2.05, 4.69) is 36.3 Å². The third kappa shape index (κ3) is 5.32. The molecule has 0 aliphatic carbocycles. The highest BCUT2D eigenvalue weighted by Crippen LogP contribution is 2.40. The predicted molar refractivity (Wildman–Crippen MR) is 127 cm³/mol. The molecule has 2 heterocycles. The van der Waals surface area contributed by atoms with Crippen LogP contribution in [0.2, 0.25) is 0 Å². The first-order valence-corrected chi connectivity index (χ1v) is 12.7. The van der Waals surface area contributed by atoms with Gasteiger partial charge < -0.3 is 5.73 Å². The van der Waals surface area contributed by atoms with Crippen LogP contribution in [0.15, 0.2) is 46.6 Å². The fraction of sp³-hybridized carbons (Fsp3) is 0.368. The monoisotopic (exact) mass is 438 g/mol. The lowest BCUT2D eigenvalue weighted by molar-refractivity contribution is 0.909. The maximum absolute atomic E-state index is 6.49. The van der Waals surface area contributed by atoms with Gasteiger partial charge in [-0.05, 0) is 49.6 Å². The van der Waals surface area contributed by atoms with Crippen molar-refractivity contribution in [3.05, 3.63) is 48.0 Å². The first-order chi connectivity index (χ1) is 12.8. The number of nitrogens with zero attached hydrogens (tertiary/aromatic N) is 2. The Morgan fingerprint density at radius 3 is 2.41 bits per heavy atom. The molecule has 27 heavy (non-hydrogen) atoms. The van der Waals surface area contributed by atoms with Crippen LogP contribution in [0.1, 0.15) is 24.6 Å². The second kappa shape index (κ2) is 10.0. The van der Waals surface area contributed by atoms with E-state index in [1.54, 1.807) is 35.9 Å². The van der Waals surface area contributed by atoms with Gasteiger partial charge in [0.1, 0.15) is 4.75 Å². The van der Waals surface area contributed by atoms with E-state index in [9.17, 15) is 0 Å². The van der Waals surface area contributed by atoms with E-state index in [0.29, 0.717) is 4.99 Å². The Labute approximate surface area is 178 Å². The van der Waals surface area contributed by atoms with Gasteiger partial charge in [-0.15, -0.1) is 23.5 Å². The summed E-state index contributed by atoms with van der Waals surface area (Å²) in [6.07, 6.45) is 10.4. The Balaban J connectivity index is 2.33. The number of hydrogen-bond donors (Lipinski definition) is 2. The van der Waals surface area contributed by atoms with Gasteiger partial charge in [-0.3, -0.25) is 15.7 Å². The van der Waals surface area contributed by atoms with Crippen LogP contribution < -0.4 is 11.5 Å². The Bertz CT molecular complexity index is 835. The molecule has 0 aliphatic heterocycles. The number of thiocarbonyl (C=S) groups is 1. The number of nitrogens with two attached hydrogens (primary N) is 2. The topological polar surface area (TPSA) is 77.8 Å². The summed E-state index contributed by atoms with van der Waals surface area (Å²) in [5.41, 5.74) is 14.9. The van der Waals surface area contributed by atoms with Crippen molar-refractivity contribution in [3.8, 4) is 0 Å². The van der Waals surface area contributed by atoms with Crippen molar-refractivity contribution in [2.75, 3.05) is 12.5 Å². The molecule has 2 rings (SSSR count). The fourth-order valence-electron chi connectivity index (χ4n) is 2.56. The molecule has 4 nitrogen and oxygen atoms in total. The van der Waals surface area contributed by atoms with Crippen molar-refractivity contribution in [1.29, 1.82) is 0 Å². The van der Waals surface area contributed by atoms with E-state index in [1.165, 1.54) is 4.90 Å². The Morgan fingerprint density at radius 2 is 1.85 bits per heavy atom. The van der Waals surface area contributed by atoms with E-state index < -0.39 is 4.75 Å². The zero-order chi connectivity index (χ0) is 20.0. The molecule has 1 unspecified atom stereocenters. The SMILES string of the molecule is CCC(Sc1ccnc(CSc2ccncc2)c1C)(C(N)=S)C(N)=S(C)C. The van der Waals surface area contributed by atoms with Crippen LogP contribution in [-0.4, -0.2) is 37.2 Å². The maximum atomic E-state index is 6.49. The van der Waals surface area contributed by atoms with Crippen LogP contribution in [0.4, 0.5) is 0 Å². The Kier molecular flexibility index (Phi) is 8.30. The molecule has 0 aliphatic rings. The molecule has 0 saturated heterocycles. The Hall–Kier alpha value is -0.930. The van der Waals surface area contributed by atoms with Gasteiger partial charge in [-0.25, -0.2) is 0 Å². The normalized spacial score (nSPS) is 13.4. The van der Waals surface area contributed by atoms with Crippen LogP contribution in [0.25, 0.3) is 0 Å². The Morgan fingerprint density at radius 1 is 1.19 bits per heavy atom. The van der Waals surface area contributed by atoms with Gasteiger partial charge in [-0.1, -0.05) is 19.1 Å². The van der Waals surface area contributed by atoms with Crippen molar-refractivity contribution in [2.24, 2.45) is 11.5 Å². The summed E-state index contributed by atoms with van der Waals surface area (Å²) in [5.74, 6) is 0.793. The summed E-state index contributed by atoms with van der Waals surface area (Å²) < 4.78 is -0.538. The van der Waals surface area contributed by atoms with Gasteiger partial charge >= 0.3 is 0 Å². The highest BCUT2D eigenvalue weighted by molar-refractivity contribution is 8.16. The lowest BCUT2D eigenvalue weighted by atomic mass is 10.1. The molecule has 0 saturated carbocycles. The molecule has 8 heteroatoms. The average Bonchev–Trinajstić information content (AvgIpc) is 2.66. The standard InChI is InChI=1S/C19H26N4S4/c1-5-19(17(20)24,18(21)27(3)4)26-16-8-11-23-15(13(16)2)12-25-14-6-9-22-10-7-14/h6-11H,5,12,21H2,1-4H3,(H2,20,24). The second-order valence-corrected chi connectivity index (χ2v) is 11.1. The molecule has 146 valence electrons. The molecule has 0 spiro atoms. The summed E-state index contributed by atoms with van der Waals surface area (Å²) in [6.45, 7) is 4.19. The van der Waals surface area contributed by atoms with Gasteiger partial charge in [0.15, 0.2) is 0 Å². The van der Waals surface area contributed by atoms with E-state index in [-0.39, 0.29) is 10.5 Å². The number of thioether (sulfide) groups is 2. The summed E-state index contributed by atoms with van der Waals surface area (Å²) in [5, 5.41) is 0. The molecule has 0 aromatic carbocycles. The lowest BCUT2D eigenvalue weighted by Gasteiger charge is -2.33. The quantitative estimate of drug-likeness (QED) is 0.472. The van der Waals surface area contributed by atoms with Crippen molar-refractivity contribution in [3.63, 3.8) is 0 Å². The smallest absolute Gasteiger partial charge is 0.110 e. The van der Waals surface area contributed by atoms with E-state index in [4.69, 9.17) is 23.7 Å². The van der Waals surface area contributed by atoms with Crippen molar-refractivity contribution >= 4 is 56.2 Å². The molecular formula is C19H26N4S4. The largest absolute Gasteiger partial charge is 0.392 e. The van der Waals surface area contributed by atoms with Crippen molar-refractivity contribution in [2.45, 2.75) is 40.6 Å². The molecule has 1 atom stereocenters. The molecular weight excluding hydrogens is 413 g/mol. The van der Waals surface area contributed by atoms with Crippen LogP contribution in [0.5, 0.6) is 0 Å².